The SMILES string of the molecule is Cc1cnn([C@H](C)[C@@H](C)NCc2cn[nH]c2-c2ccc(F)cc2)c1. The molecular formula is C18H22FN5. The molecule has 24 heavy (non-hydrogen) atoms. The molecule has 3 rings (SSSR count). The predicted octanol–water partition coefficient (Wildman–Crippen LogP) is 3.46. The first kappa shape index (κ1) is 16.4. The summed E-state index contributed by atoms with van der Waals surface area (Å²) < 4.78 is 15.1. The Hall–Kier alpha value is -2.47. The Balaban J connectivity index is 1.67. The molecule has 2 atom stereocenters. The molecule has 0 aliphatic heterocycles. The zero-order chi connectivity index (χ0) is 17.1. The lowest BCUT2D eigenvalue weighted by Gasteiger charge is -2.21. The summed E-state index contributed by atoms with van der Waals surface area (Å²) >= 11 is 0. The third-order valence-corrected chi connectivity index (χ3v) is 4.34. The van der Waals surface area contributed by atoms with E-state index in [0.29, 0.717) is 6.54 Å². The summed E-state index contributed by atoms with van der Waals surface area (Å²) in [4.78, 5) is 0. The van der Waals surface area contributed by atoms with Crippen molar-refractivity contribution in [3.05, 3.63) is 59.8 Å². The second kappa shape index (κ2) is 6.97. The molecule has 2 N–H and O–H groups in total. The topological polar surface area (TPSA) is 58.5 Å². The number of rotatable bonds is 6. The van der Waals surface area contributed by atoms with Crippen LogP contribution in [0.25, 0.3) is 11.3 Å². The fraction of sp³-hybridized carbons (Fsp3) is 0.333. The molecule has 0 fully saturated rings. The molecule has 0 saturated heterocycles. The molecule has 2 heterocycles. The van der Waals surface area contributed by atoms with Crippen molar-refractivity contribution in [2.45, 2.75) is 39.4 Å². The summed E-state index contributed by atoms with van der Waals surface area (Å²) in [6.07, 6.45) is 5.72. The van der Waals surface area contributed by atoms with Gasteiger partial charge in [0.05, 0.1) is 24.1 Å². The number of H-pyrrole nitrogens is 1. The summed E-state index contributed by atoms with van der Waals surface area (Å²) in [7, 11) is 0. The van der Waals surface area contributed by atoms with Crippen LogP contribution in [0.5, 0.6) is 0 Å². The van der Waals surface area contributed by atoms with E-state index in [1.54, 1.807) is 18.3 Å². The summed E-state index contributed by atoms with van der Waals surface area (Å²) in [5, 5.41) is 15.0. The number of aromatic nitrogens is 4. The fourth-order valence-corrected chi connectivity index (χ4v) is 2.64. The number of nitrogens with one attached hydrogen (secondary N) is 2. The van der Waals surface area contributed by atoms with Crippen LogP contribution in [-0.4, -0.2) is 26.0 Å². The van der Waals surface area contributed by atoms with Crippen molar-refractivity contribution < 1.29 is 4.39 Å². The third-order valence-electron chi connectivity index (χ3n) is 4.34. The minimum Gasteiger partial charge on any atom is -0.308 e. The van der Waals surface area contributed by atoms with Gasteiger partial charge >= 0.3 is 0 Å². The highest BCUT2D eigenvalue weighted by molar-refractivity contribution is 5.62. The van der Waals surface area contributed by atoms with Crippen LogP contribution in [-0.2, 0) is 6.54 Å². The van der Waals surface area contributed by atoms with Crippen LogP contribution < -0.4 is 5.32 Å². The quantitative estimate of drug-likeness (QED) is 0.729. The van der Waals surface area contributed by atoms with Gasteiger partial charge in [-0.25, -0.2) is 4.39 Å². The van der Waals surface area contributed by atoms with Crippen molar-refractivity contribution in [1.82, 2.24) is 25.3 Å². The van der Waals surface area contributed by atoms with E-state index in [2.05, 4.69) is 34.5 Å². The van der Waals surface area contributed by atoms with E-state index < -0.39 is 0 Å². The zero-order valence-corrected chi connectivity index (χ0v) is 14.1. The van der Waals surface area contributed by atoms with E-state index in [4.69, 9.17) is 0 Å². The van der Waals surface area contributed by atoms with Crippen molar-refractivity contribution in [3.8, 4) is 11.3 Å². The number of hydrogen-bond acceptors (Lipinski definition) is 3. The number of aryl methyl sites for hydroxylation is 1. The van der Waals surface area contributed by atoms with Crippen LogP contribution in [0.1, 0.15) is 31.0 Å². The highest BCUT2D eigenvalue weighted by atomic mass is 19.1. The van der Waals surface area contributed by atoms with Crippen LogP contribution >= 0.6 is 0 Å². The molecule has 0 aliphatic rings. The fourth-order valence-electron chi connectivity index (χ4n) is 2.64. The van der Waals surface area contributed by atoms with Crippen molar-refractivity contribution >= 4 is 0 Å². The predicted molar refractivity (Wildman–Crippen MR) is 92.0 cm³/mol. The molecule has 0 radical (unpaired) electrons. The zero-order valence-electron chi connectivity index (χ0n) is 14.1. The Labute approximate surface area is 140 Å². The van der Waals surface area contributed by atoms with E-state index in [1.165, 1.54) is 12.1 Å². The lowest BCUT2D eigenvalue weighted by atomic mass is 10.1. The van der Waals surface area contributed by atoms with Crippen molar-refractivity contribution in [3.63, 3.8) is 0 Å². The van der Waals surface area contributed by atoms with E-state index in [1.807, 2.05) is 24.0 Å². The molecule has 0 amide bonds. The highest BCUT2D eigenvalue weighted by Gasteiger charge is 2.16. The molecule has 5 nitrogen and oxygen atoms in total. The minimum absolute atomic E-state index is 0.236. The monoisotopic (exact) mass is 327 g/mol. The molecule has 0 aliphatic carbocycles. The first-order valence-electron chi connectivity index (χ1n) is 8.07. The van der Waals surface area contributed by atoms with Gasteiger partial charge in [0.15, 0.2) is 0 Å². The van der Waals surface area contributed by atoms with Gasteiger partial charge < -0.3 is 5.32 Å². The number of hydrogen-bond donors (Lipinski definition) is 2. The largest absolute Gasteiger partial charge is 0.308 e. The molecule has 2 aromatic heterocycles. The van der Waals surface area contributed by atoms with Crippen LogP contribution in [0.2, 0.25) is 0 Å². The molecule has 3 aromatic rings. The maximum Gasteiger partial charge on any atom is 0.123 e. The van der Waals surface area contributed by atoms with Gasteiger partial charge in [-0.1, -0.05) is 0 Å². The standard InChI is InChI=1S/C18H22FN5/c1-12-8-22-24(11-12)14(3)13(2)20-9-16-10-21-23-18(16)15-4-6-17(19)7-5-15/h4-8,10-11,13-14,20H,9H2,1-3H3,(H,21,23)/t13-,14-/m1/s1. The van der Waals surface area contributed by atoms with Gasteiger partial charge in [0, 0.05) is 29.9 Å². The molecule has 126 valence electrons. The Morgan fingerprint density at radius 3 is 2.62 bits per heavy atom. The Morgan fingerprint density at radius 2 is 1.96 bits per heavy atom. The first-order chi connectivity index (χ1) is 11.5. The van der Waals surface area contributed by atoms with E-state index in [-0.39, 0.29) is 17.9 Å². The van der Waals surface area contributed by atoms with Gasteiger partial charge in [-0.15, -0.1) is 0 Å². The number of aromatic amines is 1. The maximum absolute atomic E-state index is 13.1. The van der Waals surface area contributed by atoms with Gasteiger partial charge in [0.2, 0.25) is 0 Å². The lowest BCUT2D eigenvalue weighted by Crippen LogP contribution is -2.33. The smallest absolute Gasteiger partial charge is 0.123 e. The lowest BCUT2D eigenvalue weighted by molar-refractivity contribution is 0.365. The molecule has 0 saturated carbocycles. The molecule has 6 heteroatoms. The Morgan fingerprint density at radius 1 is 1.21 bits per heavy atom. The van der Waals surface area contributed by atoms with Crippen LogP contribution in [0, 0.1) is 12.7 Å². The molecule has 0 spiro atoms. The number of nitrogens with zero attached hydrogens (tertiary/aromatic N) is 3. The molecule has 0 unspecified atom stereocenters. The van der Waals surface area contributed by atoms with Gasteiger partial charge in [-0.3, -0.25) is 9.78 Å². The summed E-state index contributed by atoms with van der Waals surface area (Å²) in [5.41, 5.74) is 4.05. The summed E-state index contributed by atoms with van der Waals surface area (Å²) in [5.74, 6) is -0.241. The number of benzene rings is 1. The van der Waals surface area contributed by atoms with Gasteiger partial charge in [-0.05, 0) is 50.6 Å². The second-order valence-corrected chi connectivity index (χ2v) is 6.19. The average molecular weight is 327 g/mol. The van der Waals surface area contributed by atoms with Gasteiger partial charge in [-0.2, -0.15) is 10.2 Å². The first-order valence-corrected chi connectivity index (χ1v) is 8.07. The summed E-state index contributed by atoms with van der Waals surface area (Å²) in [6, 6.07) is 6.90. The van der Waals surface area contributed by atoms with Crippen molar-refractivity contribution in [2.24, 2.45) is 0 Å². The van der Waals surface area contributed by atoms with Crippen LogP contribution in [0.3, 0.4) is 0 Å². The van der Waals surface area contributed by atoms with Crippen LogP contribution in [0.15, 0.2) is 42.9 Å². The van der Waals surface area contributed by atoms with E-state index in [0.717, 1.165) is 22.4 Å². The molecule has 1 aromatic carbocycles. The number of halogens is 1. The summed E-state index contributed by atoms with van der Waals surface area (Å²) in [6.45, 7) is 6.99. The van der Waals surface area contributed by atoms with Crippen LogP contribution in [0.4, 0.5) is 4.39 Å². The van der Waals surface area contributed by atoms with E-state index in [9.17, 15) is 4.39 Å². The Bertz CT molecular complexity index is 790. The van der Waals surface area contributed by atoms with Gasteiger partial charge in [0.1, 0.15) is 5.82 Å². The van der Waals surface area contributed by atoms with Gasteiger partial charge in [0.25, 0.3) is 0 Å². The van der Waals surface area contributed by atoms with Crippen molar-refractivity contribution in [1.29, 1.82) is 0 Å². The normalized spacial score (nSPS) is 13.8. The van der Waals surface area contributed by atoms with Crippen molar-refractivity contribution in [2.75, 3.05) is 0 Å². The average Bonchev–Trinajstić information content (AvgIpc) is 3.21. The van der Waals surface area contributed by atoms with E-state index >= 15 is 0 Å². The maximum atomic E-state index is 13.1. The highest BCUT2D eigenvalue weighted by Crippen LogP contribution is 2.21. The Kier molecular flexibility index (Phi) is 4.76. The third kappa shape index (κ3) is 3.54. The molecule has 0 bridgehead atoms. The second-order valence-electron chi connectivity index (χ2n) is 6.19. The minimum atomic E-state index is -0.241. The molecular weight excluding hydrogens is 305 g/mol.